The van der Waals surface area contributed by atoms with E-state index in [1.165, 1.54) is 0 Å². The van der Waals surface area contributed by atoms with Crippen LogP contribution in [0.15, 0.2) is 77.4 Å². The van der Waals surface area contributed by atoms with Crippen LogP contribution in [0.2, 0.25) is 0 Å². The Hall–Kier alpha value is -4.31. The Morgan fingerprint density at radius 3 is 2.39 bits per heavy atom. The first-order chi connectivity index (χ1) is 18.3. The summed E-state index contributed by atoms with van der Waals surface area (Å²) in [6.45, 7) is 4.18. The van der Waals surface area contributed by atoms with Crippen LogP contribution in [0.25, 0.3) is 0 Å². The van der Waals surface area contributed by atoms with Crippen molar-refractivity contribution in [3.05, 3.63) is 88.8 Å². The molecule has 3 N–H and O–H groups in total. The lowest BCUT2D eigenvalue weighted by molar-refractivity contribution is -0.122. The van der Waals surface area contributed by atoms with Crippen LogP contribution in [0.3, 0.4) is 0 Å². The van der Waals surface area contributed by atoms with Gasteiger partial charge in [-0.3, -0.25) is 9.59 Å². The van der Waals surface area contributed by atoms with E-state index in [9.17, 15) is 9.59 Å². The molecule has 2 aromatic carbocycles. The van der Waals surface area contributed by atoms with Crippen LogP contribution in [-0.2, 0) is 9.59 Å². The van der Waals surface area contributed by atoms with Gasteiger partial charge in [0.25, 0.3) is 0 Å². The molecule has 9 nitrogen and oxygen atoms in total. The van der Waals surface area contributed by atoms with Crippen molar-refractivity contribution in [1.29, 1.82) is 0 Å². The fourth-order valence-corrected chi connectivity index (χ4v) is 4.62. The van der Waals surface area contributed by atoms with Crippen LogP contribution in [0.5, 0.6) is 0 Å². The molecule has 1 aliphatic heterocycles. The quantitative estimate of drug-likeness (QED) is 0.259. The van der Waals surface area contributed by atoms with E-state index in [1.807, 2.05) is 74.5 Å². The molecule has 2 amide bonds. The number of hydrogen-bond acceptors (Lipinski definition) is 7. The fourth-order valence-electron chi connectivity index (χ4n) is 4.24. The predicted octanol–water partition coefficient (Wildman–Crippen LogP) is 5.73. The van der Waals surface area contributed by atoms with Crippen molar-refractivity contribution in [2.75, 3.05) is 27.4 Å². The molecule has 1 aliphatic rings. The van der Waals surface area contributed by atoms with Gasteiger partial charge in [-0.2, -0.15) is 0 Å². The van der Waals surface area contributed by atoms with E-state index < -0.39 is 5.92 Å². The Kier molecular flexibility index (Phi) is 7.32. The average Bonchev–Trinajstić information content (AvgIpc) is 3.27. The number of carbonyl (C=O) groups excluding carboxylic acids is 2. The van der Waals surface area contributed by atoms with Crippen LogP contribution >= 0.6 is 15.9 Å². The summed E-state index contributed by atoms with van der Waals surface area (Å²) in [5.41, 5.74) is 3.34. The molecule has 0 radical (unpaired) electrons. The lowest BCUT2D eigenvalue weighted by atomic mass is 10.1. The van der Waals surface area contributed by atoms with E-state index in [-0.39, 0.29) is 18.2 Å². The standard InChI is InChI=1S/C28H26BrN7O2/c1-17-10-11-30-24(12-17)35-26-15-25(31-18(2)32-26)33-21-6-8-22(9-7-21)34-28(38)19-13-27(37)36(16-19)23-5-3-4-20(29)14-23/h3-12,14-15,19H,13,16H2,1-2H3,(H,34,38)(H2,30,31,32,33,35). The Balaban J connectivity index is 1.20. The highest BCUT2D eigenvalue weighted by Gasteiger charge is 2.35. The summed E-state index contributed by atoms with van der Waals surface area (Å²) in [5.74, 6) is 1.91. The fraction of sp³-hybridized carbons (Fsp3) is 0.179. The topological polar surface area (TPSA) is 112 Å². The van der Waals surface area contributed by atoms with Crippen molar-refractivity contribution in [1.82, 2.24) is 15.0 Å². The summed E-state index contributed by atoms with van der Waals surface area (Å²) in [6.07, 6.45) is 1.92. The molecule has 1 fully saturated rings. The number of anilines is 6. The number of benzene rings is 2. The SMILES string of the molecule is Cc1ccnc(Nc2cc(Nc3ccc(NC(=O)C4CC(=O)N(c5cccc(Br)c5)C4)cc3)nc(C)n2)c1. The number of nitrogens with one attached hydrogen (secondary N) is 3. The van der Waals surface area contributed by atoms with Crippen LogP contribution in [0.1, 0.15) is 17.8 Å². The van der Waals surface area contributed by atoms with E-state index in [0.717, 1.165) is 21.4 Å². The number of hydrogen-bond donors (Lipinski definition) is 3. The van der Waals surface area contributed by atoms with Crippen molar-refractivity contribution < 1.29 is 9.59 Å². The Labute approximate surface area is 228 Å². The van der Waals surface area contributed by atoms with Gasteiger partial charge in [0.1, 0.15) is 23.3 Å². The number of halogens is 1. The molecule has 2 aromatic heterocycles. The molecular formula is C28H26BrN7O2. The lowest BCUT2D eigenvalue weighted by Gasteiger charge is -2.17. The Morgan fingerprint density at radius 2 is 1.66 bits per heavy atom. The van der Waals surface area contributed by atoms with Crippen LogP contribution in [-0.4, -0.2) is 33.3 Å². The number of amides is 2. The summed E-state index contributed by atoms with van der Waals surface area (Å²) in [5, 5.41) is 9.41. The molecule has 1 saturated heterocycles. The first-order valence-corrected chi connectivity index (χ1v) is 12.9. The number of carbonyl (C=O) groups is 2. The smallest absolute Gasteiger partial charge is 0.229 e. The largest absolute Gasteiger partial charge is 0.340 e. The molecule has 0 aliphatic carbocycles. The van der Waals surface area contributed by atoms with Gasteiger partial charge < -0.3 is 20.9 Å². The number of pyridine rings is 1. The second kappa shape index (κ2) is 11.0. The molecular weight excluding hydrogens is 546 g/mol. The van der Waals surface area contributed by atoms with Crippen molar-refractivity contribution in [3.8, 4) is 0 Å². The molecule has 3 heterocycles. The highest BCUT2D eigenvalue weighted by Crippen LogP contribution is 2.28. The molecule has 5 rings (SSSR count). The molecule has 0 saturated carbocycles. The highest BCUT2D eigenvalue weighted by atomic mass is 79.9. The van der Waals surface area contributed by atoms with Gasteiger partial charge in [0.15, 0.2) is 0 Å². The minimum absolute atomic E-state index is 0.0602. The Morgan fingerprint density at radius 1 is 0.921 bits per heavy atom. The maximum absolute atomic E-state index is 12.9. The maximum Gasteiger partial charge on any atom is 0.229 e. The molecule has 0 spiro atoms. The van der Waals surface area contributed by atoms with E-state index >= 15 is 0 Å². The molecule has 0 bridgehead atoms. The minimum atomic E-state index is -0.419. The summed E-state index contributed by atoms with van der Waals surface area (Å²) >= 11 is 3.43. The number of aryl methyl sites for hydroxylation is 2. The van der Waals surface area contributed by atoms with Crippen molar-refractivity contribution in [2.24, 2.45) is 5.92 Å². The van der Waals surface area contributed by atoms with Gasteiger partial charge in [-0.15, -0.1) is 0 Å². The van der Waals surface area contributed by atoms with E-state index in [1.54, 1.807) is 17.2 Å². The zero-order chi connectivity index (χ0) is 26.6. The second-order valence-electron chi connectivity index (χ2n) is 9.11. The molecule has 4 aromatic rings. The van der Waals surface area contributed by atoms with Gasteiger partial charge in [-0.05, 0) is 74.0 Å². The summed E-state index contributed by atoms with van der Waals surface area (Å²) < 4.78 is 0.886. The molecule has 1 atom stereocenters. The normalized spacial score (nSPS) is 14.9. The molecule has 10 heteroatoms. The summed E-state index contributed by atoms with van der Waals surface area (Å²) in [7, 11) is 0. The lowest BCUT2D eigenvalue weighted by Crippen LogP contribution is -2.28. The van der Waals surface area contributed by atoms with Crippen LogP contribution < -0.4 is 20.9 Å². The van der Waals surface area contributed by atoms with E-state index in [4.69, 9.17) is 0 Å². The van der Waals surface area contributed by atoms with E-state index in [0.29, 0.717) is 35.5 Å². The third-order valence-corrected chi connectivity index (χ3v) is 6.54. The Bertz CT molecular complexity index is 1490. The molecule has 192 valence electrons. The van der Waals surface area contributed by atoms with Gasteiger partial charge in [0.05, 0.1) is 5.92 Å². The number of nitrogens with zero attached hydrogens (tertiary/aromatic N) is 4. The monoisotopic (exact) mass is 571 g/mol. The van der Waals surface area contributed by atoms with Crippen molar-refractivity contribution in [2.45, 2.75) is 20.3 Å². The number of rotatable bonds is 7. The zero-order valence-corrected chi connectivity index (χ0v) is 22.5. The molecule has 1 unspecified atom stereocenters. The highest BCUT2D eigenvalue weighted by molar-refractivity contribution is 9.10. The third-order valence-electron chi connectivity index (χ3n) is 6.05. The van der Waals surface area contributed by atoms with Gasteiger partial charge >= 0.3 is 0 Å². The van der Waals surface area contributed by atoms with Crippen molar-refractivity contribution in [3.63, 3.8) is 0 Å². The van der Waals surface area contributed by atoms with Gasteiger partial charge in [0, 0.05) is 46.8 Å². The average molecular weight is 572 g/mol. The third kappa shape index (κ3) is 6.15. The van der Waals surface area contributed by atoms with Crippen molar-refractivity contribution >= 4 is 62.3 Å². The van der Waals surface area contributed by atoms with Gasteiger partial charge in [-0.1, -0.05) is 22.0 Å². The van der Waals surface area contributed by atoms with Crippen LogP contribution in [0.4, 0.5) is 34.5 Å². The first-order valence-electron chi connectivity index (χ1n) is 12.1. The van der Waals surface area contributed by atoms with Gasteiger partial charge in [0.2, 0.25) is 11.8 Å². The predicted molar refractivity (Wildman–Crippen MR) is 152 cm³/mol. The summed E-state index contributed by atoms with van der Waals surface area (Å²) in [6, 6.07) is 20.5. The minimum Gasteiger partial charge on any atom is -0.340 e. The van der Waals surface area contributed by atoms with E-state index in [2.05, 4.69) is 46.8 Å². The maximum atomic E-state index is 12.9. The second-order valence-corrected chi connectivity index (χ2v) is 10.0. The number of aromatic nitrogens is 3. The zero-order valence-electron chi connectivity index (χ0n) is 20.9. The van der Waals surface area contributed by atoms with Crippen LogP contribution in [0, 0.1) is 19.8 Å². The molecule has 38 heavy (non-hydrogen) atoms. The summed E-state index contributed by atoms with van der Waals surface area (Å²) in [4.78, 5) is 40.3. The first kappa shape index (κ1) is 25.3. The van der Waals surface area contributed by atoms with Gasteiger partial charge in [-0.25, -0.2) is 15.0 Å².